The van der Waals surface area contributed by atoms with E-state index in [9.17, 15) is 14.7 Å². The number of aliphatic hydroxyl groups is 1. The highest BCUT2D eigenvalue weighted by Crippen LogP contribution is 2.38. The van der Waals surface area contributed by atoms with Crippen molar-refractivity contribution < 1.29 is 24.2 Å². The molecule has 1 aromatic heterocycles. The monoisotopic (exact) mass is 437 g/mol. The van der Waals surface area contributed by atoms with Gasteiger partial charge in [-0.25, -0.2) is 0 Å². The molecule has 4 rings (SSSR count). The van der Waals surface area contributed by atoms with Crippen molar-refractivity contribution in [2.45, 2.75) is 13.0 Å². The van der Waals surface area contributed by atoms with E-state index in [1.165, 1.54) is 4.90 Å². The smallest absolute Gasteiger partial charge is 0.295 e. The number of benzene rings is 1. The number of aliphatic hydroxyl groups excluding tert-OH is 1. The molecular formula is C24H27N3O5. The number of ketones is 1. The first-order valence-electron chi connectivity index (χ1n) is 10.8. The summed E-state index contributed by atoms with van der Waals surface area (Å²) in [6.45, 7) is 6.25. The molecule has 1 amide bonds. The van der Waals surface area contributed by atoms with Crippen molar-refractivity contribution >= 4 is 17.4 Å². The molecule has 32 heavy (non-hydrogen) atoms. The fourth-order valence-electron chi connectivity index (χ4n) is 4.06. The van der Waals surface area contributed by atoms with Gasteiger partial charge in [0.25, 0.3) is 11.7 Å². The van der Waals surface area contributed by atoms with Gasteiger partial charge >= 0.3 is 0 Å². The lowest BCUT2D eigenvalue weighted by atomic mass is 9.98. The zero-order valence-corrected chi connectivity index (χ0v) is 18.1. The highest BCUT2D eigenvalue weighted by molar-refractivity contribution is 6.46. The lowest BCUT2D eigenvalue weighted by molar-refractivity contribution is -0.140. The topological polar surface area (TPSA) is 92.2 Å². The summed E-state index contributed by atoms with van der Waals surface area (Å²) in [6, 6.07) is 11.4. The number of aromatic nitrogens is 1. The number of hydrogen-bond acceptors (Lipinski definition) is 7. The molecule has 1 atom stereocenters. The molecule has 2 aliphatic rings. The van der Waals surface area contributed by atoms with E-state index in [1.54, 1.807) is 48.7 Å². The van der Waals surface area contributed by atoms with Gasteiger partial charge in [0.1, 0.15) is 17.6 Å². The van der Waals surface area contributed by atoms with Crippen molar-refractivity contribution in [3.8, 4) is 5.75 Å². The van der Waals surface area contributed by atoms with Crippen molar-refractivity contribution in [2.24, 2.45) is 0 Å². The molecule has 3 heterocycles. The third-order valence-corrected chi connectivity index (χ3v) is 5.71. The number of morpholine rings is 1. The van der Waals surface area contributed by atoms with Crippen LogP contribution in [0.1, 0.15) is 24.2 Å². The van der Waals surface area contributed by atoms with Crippen LogP contribution in [0.3, 0.4) is 0 Å². The third-order valence-electron chi connectivity index (χ3n) is 5.71. The van der Waals surface area contributed by atoms with Crippen molar-refractivity contribution in [1.29, 1.82) is 0 Å². The molecule has 0 bridgehead atoms. The minimum Gasteiger partial charge on any atom is -0.507 e. The van der Waals surface area contributed by atoms with Gasteiger partial charge in [0, 0.05) is 37.9 Å². The van der Waals surface area contributed by atoms with Gasteiger partial charge in [0.2, 0.25) is 0 Å². The SMILES string of the molecule is CCOc1ccc(C(O)=C2C(=O)C(=O)N(CCN3CCOCC3)C2c2ccccn2)cc1. The zero-order chi connectivity index (χ0) is 22.5. The van der Waals surface area contributed by atoms with Crippen LogP contribution >= 0.6 is 0 Å². The maximum Gasteiger partial charge on any atom is 0.295 e. The number of carbonyl (C=O) groups is 2. The molecule has 2 fully saturated rings. The predicted molar refractivity (Wildman–Crippen MR) is 118 cm³/mol. The molecule has 168 valence electrons. The van der Waals surface area contributed by atoms with Gasteiger partial charge in [-0.2, -0.15) is 0 Å². The molecule has 2 saturated heterocycles. The van der Waals surface area contributed by atoms with Crippen molar-refractivity contribution in [1.82, 2.24) is 14.8 Å². The van der Waals surface area contributed by atoms with Gasteiger partial charge in [-0.3, -0.25) is 19.5 Å². The van der Waals surface area contributed by atoms with Gasteiger partial charge in [0.15, 0.2) is 0 Å². The van der Waals surface area contributed by atoms with E-state index >= 15 is 0 Å². The molecule has 0 radical (unpaired) electrons. The summed E-state index contributed by atoms with van der Waals surface area (Å²) in [5.41, 5.74) is 1.04. The van der Waals surface area contributed by atoms with E-state index < -0.39 is 17.7 Å². The quantitative estimate of drug-likeness (QED) is 0.403. The average Bonchev–Trinajstić information content (AvgIpc) is 3.09. The lowest BCUT2D eigenvalue weighted by Crippen LogP contribution is -2.42. The van der Waals surface area contributed by atoms with E-state index in [-0.39, 0.29) is 11.3 Å². The second-order valence-corrected chi connectivity index (χ2v) is 7.66. The number of carbonyl (C=O) groups excluding carboxylic acids is 2. The first kappa shape index (κ1) is 22.0. The molecule has 0 saturated carbocycles. The van der Waals surface area contributed by atoms with Gasteiger partial charge in [0.05, 0.1) is 31.1 Å². The Morgan fingerprint density at radius 2 is 1.88 bits per heavy atom. The highest BCUT2D eigenvalue weighted by Gasteiger charge is 2.46. The van der Waals surface area contributed by atoms with Gasteiger partial charge in [-0.05, 0) is 43.3 Å². The third kappa shape index (κ3) is 4.51. The average molecular weight is 437 g/mol. The predicted octanol–water partition coefficient (Wildman–Crippen LogP) is 2.23. The van der Waals surface area contributed by atoms with Crippen LogP contribution in [0.15, 0.2) is 54.2 Å². The second-order valence-electron chi connectivity index (χ2n) is 7.66. The number of rotatable bonds is 7. The second kappa shape index (κ2) is 9.93. The molecule has 1 unspecified atom stereocenters. The maximum atomic E-state index is 13.0. The largest absolute Gasteiger partial charge is 0.507 e. The molecule has 0 spiro atoms. The van der Waals surface area contributed by atoms with Gasteiger partial charge < -0.3 is 19.5 Å². The molecule has 1 N–H and O–H groups in total. The summed E-state index contributed by atoms with van der Waals surface area (Å²) in [5, 5.41) is 11.1. The molecule has 2 aliphatic heterocycles. The zero-order valence-electron chi connectivity index (χ0n) is 18.1. The Labute approximate surface area is 187 Å². The summed E-state index contributed by atoms with van der Waals surface area (Å²) in [4.78, 5) is 34.1. The summed E-state index contributed by atoms with van der Waals surface area (Å²) in [7, 11) is 0. The Morgan fingerprint density at radius 3 is 2.53 bits per heavy atom. The molecule has 8 nitrogen and oxygen atoms in total. The Balaban J connectivity index is 1.68. The molecular weight excluding hydrogens is 410 g/mol. The molecule has 2 aromatic rings. The first-order chi connectivity index (χ1) is 15.6. The van der Waals surface area contributed by atoms with Crippen LogP contribution in [-0.4, -0.2) is 77.6 Å². The van der Waals surface area contributed by atoms with Crippen molar-refractivity contribution in [3.05, 3.63) is 65.5 Å². The van der Waals surface area contributed by atoms with Crippen LogP contribution in [-0.2, 0) is 14.3 Å². The fourth-order valence-corrected chi connectivity index (χ4v) is 4.06. The van der Waals surface area contributed by atoms with Crippen LogP contribution in [0.25, 0.3) is 5.76 Å². The van der Waals surface area contributed by atoms with E-state index in [0.29, 0.717) is 49.9 Å². The van der Waals surface area contributed by atoms with Crippen LogP contribution in [0.2, 0.25) is 0 Å². The lowest BCUT2D eigenvalue weighted by Gasteiger charge is -2.30. The van der Waals surface area contributed by atoms with E-state index in [0.717, 1.165) is 13.1 Å². The molecule has 0 aliphatic carbocycles. The van der Waals surface area contributed by atoms with Crippen molar-refractivity contribution in [3.63, 3.8) is 0 Å². The van der Waals surface area contributed by atoms with Gasteiger partial charge in [-0.15, -0.1) is 0 Å². The van der Waals surface area contributed by atoms with Crippen LogP contribution in [0.5, 0.6) is 5.75 Å². The number of ether oxygens (including phenoxy) is 2. The van der Waals surface area contributed by atoms with E-state index in [4.69, 9.17) is 9.47 Å². The number of Topliss-reactive ketones (excluding diaryl/α,β-unsaturated/α-hetero) is 1. The normalized spacial score (nSPS) is 21.2. The number of pyridine rings is 1. The summed E-state index contributed by atoms with van der Waals surface area (Å²) >= 11 is 0. The van der Waals surface area contributed by atoms with E-state index in [1.807, 2.05) is 6.92 Å². The van der Waals surface area contributed by atoms with Crippen LogP contribution in [0.4, 0.5) is 0 Å². The van der Waals surface area contributed by atoms with Crippen molar-refractivity contribution in [2.75, 3.05) is 46.0 Å². The maximum absolute atomic E-state index is 13.0. The first-order valence-corrected chi connectivity index (χ1v) is 10.8. The Bertz CT molecular complexity index is 984. The summed E-state index contributed by atoms with van der Waals surface area (Å²) < 4.78 is 10.8. The number of nitrogens with zero attached hydrogens (tertiary/aromatic N) is 3. The number of amides is 1. The Hall–Kier alpha value is -3.23. The van der Waals surface area contributed by atoms with E-state index in [2.05, 4.69) is 9.88 Å². The highest BCUT2D eigenvalue weighted by atomic mass is 16.5. The number of likely N-dealkylation sites (tertiary alicyclic amines) is 1. The molecule has 1 aromatic carbocycles. The van der Waals surface area contributed by atoms with Gasteiger partial charge in [-0.1, -0.05) is 6.07 Å². The number of hydrogen-bond donors (Lipinski definition) is 1. The van der Waals surface area contributed by atoms with Crippen LogP contribution in [0, 0.1) is 0 Å². The Morgan fingerprint density at radius 1 is 1.12 bits per heavy atom. The summed E-state index contributed by atoms with van der Waals surface area (Å²) in [6.07, 6.45) is 1.62. The minimum atomic E-state index is -0.746. The fraction of sp³-hybridized carbons (Fsp3) is 0.375. The standard InChI is InChI=1S/C24H27N3O5/c1-2-32-18-8-6-17(7-9-18)22(28)20-21(19-5-3-4-10-25-19)27(24(30)23(20)29)12-11-26-13-15-31-16-14-26/h3-10,21,28H,2,11-16H2,1H3. The summed E-state index contributed by atoms with van der Waals surface area (Å²) in [5.74, 6) is -0.873. The molecule has 8 heteroatoms. The Kier molecular flexibility index (Phi) is 6.82. The van der Waals surface area contributed by atoms with Crippen LogP contribution < -0.4 is 4.74 Å². The minimum absolute atomic E-state index is 0.0554.